The molecule has 0 aliphatic rings. The van der Waals surface area contributed by atoms with Crippen LogP contribution in [0.5, 0.6) is 0 Å². The third kappa shape index (κ3) is 3.33. The second kappa shape index (κ2) is 4.87. The van der Waals surface area contributed by atoms with Crippen LogP contribution in [0, 0.1) is 0 Å². The predicted octanol–water partition coefficient (Wildman–Crippen LogP) is 1.73. The van der Waals surface area contributed by atoms with E-state index in [1.54, 1.807) is 6.08 Å². The standard InChI is InChI=1S/C10H9NO2/c12-10(8-11-13)7-6-9-4-2-1-3-5-9/h1-8,13H/b7-6+,11-8-. The molecule has 1 aromatic carbocycles. The van der Waals surface area contributed by atoms with E-state index >= 15 is 0 Å². The lowest BCUT2D eigenvalue weighted by molar-refractivity contribution is -0.108. The number of ketones is 1. The Hall–Kier alpha value is -1.90. The van der Waals surface area contributed by atoms with E-state index in [1.807, 2.05) is 30.3 Å². The molecule has 0 heterocycles. The molecule has 0 aliphatic heterocycles. The van der Waals surface area contributed by atoms with Crippen molar-refractivity contribution >= 4 is 18.1 Å². The van der Waals surface area contributed by atoms with Crippen LogP contribution in [0.15, 0.2) is 41.6 Å². The van der Waals surface area contributed by atoms with Crippen molar-refractivity contribution in [3.63, 3.8) is 0 Å². The molecule has 0 radical (unpaired) electrons. The number of carbonyl (C=O) groups excluding carboxylic acids is 1. The summed E-state index contributed by atoms with van der Waals surface area (Å²) in [5.74, 6) is -0.341. The smallest absolute Gasteiger partial charge is 0.200 e. The third-order valence-electron chi connectivity index (χ3n) is 1.42. The first-order valence-corrected chi connectivity index (χ1v) is 3.77. The summed E-state index contributed by atoms with van der Waals surface area (Å²) in [7, 11) is 0. The van der Waals surface area contributed by atoms with Gasteiger partial charge < -0.3 is 5.21 Å². The van der Waals surface area contributed by atoms with Crippen LogP contribution in [0.25, 0.3) is 6.08 Å². The van der Waals surface area contributed by atoms with Gasteiger partial charge >= 0.3 is 0 Å². The summed E-state index contributed by atoms with van der Waals surface area (Å²) in [6.45, 7) is 0. The van der Waals surface area contributed by atoms with Crippen LogP contribution in [0.3, 0.4) is 0 Å². The molecule has 0 aromatic heterocycles. The van der Waals surface area contributed by atoms with Crippen LogP contribution in [-0.2, 0) is 4.79 Å². The van der Waals surface area contributed by atoms with Crippen molar-refractivity contribution in [3.05, 3.63) is 42.0 Å². The highest BCUT2D eigenvalue weighted by atomic mass is 16.4. The molecule has 1 aromatic rings. The highest BCUT2D eigenvalue weighted by Crippen LogP contribution is 2.00. The van der Waals surface area contributed by atoms with Gasteiger partial charge in [0.15, 0.2) is 5.78 Å². The molecular weight excluding hydrogens is 166 g/mol. The van der Waals surface area contributed by atoms with Gasteiger partial charge in [0, 0.05) is 0 Å². The van der Waals surface area contributed by atoms with E-state index in [2.05, 4.69) is 5.16 Å². The summed E-state index contributed by atoms with van der Waals surface area (Å²) in [6, 6.07) is 9.41. The maximum absolute atomic E-state index is 10.8. The zero-order valence-electron chi connectivity index (χ0n) is 6.92. The van der Waals surface area contributed by atoms with Gasteiger partial charge in [0.25, 0.3) is 0 Å². The van der Waals surface area contributed by atoms with Gasteiger partial charge in [0.2, 0.25) is 0 Å². The van der Waals surface area contributed by atoms with Crippen molar-refractivity contribution < 1.29 is 10.0 Å². The van der Waals surface area contributed by atoms with Gasteiger partial charge in [-0.1, -0.05) is 41.6 Å². The summed E-state index contributed by atoms with van der Waals surface area (Å²) in [6.07, 6.45) is 3.85. The van der Waals surface area contributed by atoms with E-state index in [0.717, 1.165) is 11.8 Å². The van der Waals surface area contributed by atoms with E-state index in [4.69, 9.17) is 5.21 Å². The Labute approximate surface area is 76.0 Å². The highest BCUT2D eigenvalue weighted by molar-refractivity contribution is 6.33. The fraction of sp³-hybridized carbons (Fsp3) is 0. The lowest BCUT2D eigenvalue weighted by Gasteiger charge is -1.88. The molecular formula is C10H9NO2. The van der Waals surface area contributed by atoms with Gasteiger partial charge in [0.05, 0.1) is 0 Å². The maximum atomic E-state index is 10.8. The molecule has 0 unspecified atom stereocenters. The Balaban J connectivity index is 2.64. The Morgan fingerprint density at radius 1 is 1.31 bits per heavy atom. The van der Waals surface area contributed by atoms with Gasteiger partial charge in [-0.05, 0) is 11.6 Å². The predicted molar refractivity (Wildman–Crippen MR) is 50.8 cm³/mol. The number of rotatable bonds is 3. The number of hydrogen-bond donors (Lipinski definition) is 1. The first-order valence-electron chi connectivity index (χ1n) is 3.77. The molecule has 0 saturated carbocycles. The minimum atomic E-state index is -0.341. The number of nitrogens with zero attached hydrogens (tertiary/aromatic N) is 1. The molecule has 0 spiro atoms. The van der Waals surface area contributed by atoms with E-state index in [1.165, 1.54) is 6.08 Å². The van der Waals surface area contributed by atoms with E-state index < -0.39 is 0 Å². The van der Waals surface area contributed by atoms with Gasteiger partial charge in [-0.2, -0.15) is 0 Å². The number of benzene rings is 1. The molecule has 3 heteroatoms. The van der Waals surface area contributed by atoms with Gasteiger partial charge in [0.1, 0.15) is 6.21 Å². The minimum Gasteiger partial charge on any atom is -0.411 e. The summed E-state index contributed by atoms with van der Waals surface area (Å²) in [4.78, 5) is 10.8. The van der Waals surface area contributed by atoms with Gasteiger partial charge in [-0.3, -0.25) is 4.79 Å². The molecule has 0 atom stereocenters. The van der Waals surface area contributed by atoms with E-state index in [-0.39, 0.29) is 5.78 Å². The molecule has 13 heavy (non-hydrogen) atoms. The van der Waals surface area contributed by atoms with Gasteiger partial charge in [-0.15, -0.1) is 0 Å². The lowest BCUT2D eigenvalue weighted by atomic mass is 10.2. The number of carbonyl (C=O) groups is 1. The number of hydrogen-bond acceptors (Lipinski definition) is 3. The fourth-order valence-electron chi connectivity index (χ4n) is 0.842. The SMILES string of the molecule is O=C(/C=N\O)/C=C/c1ccccc1. The fourth-order valence-corrected chi connectivity index (χ4v) is 0.842. The zero-order valence-corrected chi connectivity index (χ0v) is 6.92. The minimum absolute atomic E-state index is 0.341. The normalized spacial score (nSPS) is 11.1. The molecule has 0 saturated heterocycles. The van der Waals surface area contributed by atoms with Crippen LogP contribution >= 0.6 is 0 Å². The quantitative estimate of drug-likeness (QED) is 0.329. The molecule has 3 nitrogen and oxygen atoms in total. The molecule has 0 bridgehead atoms. The first-order chi connectivity index (χ1) is 6.33. The van der Waals surface area contributed by atoms with Crippen LogP contribution in [0.1, 0.15) is 5.56 Å². The second-order valence-electron chi connectivity index (χ2n) is 2.39. The lowest BCUT2D eigenvalue weighted by Crippen LogP contribution is -1.92. The number of allylic oxidation sites excluding steroid dienone is 1. The second-order valence-corrected chi connectivity index (χ2v) is 2.39. The summed E-state index contributed by atoms with van der Waals surface area (Å²) < 4.78 is 0. The van der Waals surface area contributed by atoms with Crippen molar-refractivity contribution in [2.75, 3.05) is 0 Å². The molecule has 0 aliphatic carbocycles. The van der Waals surface area contributed by atoms with Crippen LogP contribution in [0.4, 0.5) is 0 Å². The largest absolute Gasteiger partial charge is 0.411 e. The average molecular weight is 175 g/mol. The van der Waals surface area contributed by atoms with Crippen molar-refractivity contribution in [1.82, 2.24) is 0 Å². The maximum Gasteiger partial charge on any atom is 0.200 e. The Bertz CT molecular complexity index is 328. The van der Waals surface area contributed by atoms with Gasteiger partial charge in [-0.25, -0.2) is 0 Å². The van der Waals surface area contributed by atoms with Crippen LogP contribution in [0.2, 0.25) is 0 Å². The first kappa shape index (κ1) is 9.19. The van der Waals surface area contributed by atoms with Crippen molar-refractivity contribution in [2.24, 2.45) is 5.16 Å². The highest BCUT2D eigenvalue weighted by Gasteiger charge is 1.89. The zero-order chi connectivity index (χ0) is 9.52. The monoisotopic (exact) mass is 175 g/mol. The molecule has 0 amide bonds. The molecule has 1 N–H and O–H groups in total. The van der Waals surface area contributed by atoms with Crippen molar-refractivity contribution in [3.8, 4) is 0 Å². The van der Waals surface area contributed by atoms with Crippen molar-refractivity contribution in [2.45, 2.75) is 0 Å². The Kier molecular flexibility index (Phi) is 3.45. The summed E-state index contributed by atoms with van der Waals surface area (Å²) >= 11 is 0. The number of oxime groups is 1. The summed E-state index contributed by atoms with van der Waals surface area (Å²) in [5.41, 5.74) is 0.933. The Morgan fingerprint density at radius 2 is 2.00 bits per heavy atom. The van der Waals surface area contributed by atoms with Crippen molar-refractivity contribution in [1.29, 1.82) is 0 Å². The Morgan fingerprint density at radius 3 is 2.62 bits per heavy atom. The molecule has 0 fully saturated rings. The van der Waals surface area contributed by atoms with Crippen LogP contribution in [-0.4, -0.2) is 17.2 Å². The van der Waals surface area contributed by atoms with E-state index in [0.29, 0.717) is 0 Å². The summed E-state index contributed by atoms with van der Waals surface area (Å²) in [5, 5.41) is 10.7. The third-order valence-corrected chi connectivity index (χ3v) is 1.42. The van der Waals surface area contributed by atoms with E-state index in [9.17, 15) is 4.79 Å². The molecule has 1 rings (SSSR count). The average Bonchev–Trinajstić information content (AvgIpc) is 2.17. The topological polar surface area (TPSA) is 49.7 Å². The van der Waals surface area contributed by atoms with Crippen LogP contribution < -0.4 is 0 Å². The molecule has 66 valence electrons.